The van der Waals surface area contributed by atoms with E-state index >= 15 is 0 Å². The summed E-state index contributed by atoms with van der Waals surface area (Å²) < 4.78 is 5.57. The number of amides is 2. The molecule has 1 aromatic rings. The fraction of sp³-hybridized carbons (Fsp3) is 0.423. The topological polar surface area (TPSA) is 74.2 Å². The van der Waals surface area contributed by atoms with Crippen LogP contribution in [-0.4, -0.2) is 52.9 Å². The highest BCUT2D eigenvalue weighted by molar-refractivity contribution is 6.02. The first-order valence-electron chi connectivity index (χ1n) is 11.6. The van der Waals surface area contributed by atoms with E-state index in [9.17, 15) is 9.59 Å². The minimum Gasteiger partial charge on any atom is -0.444 e. The second-order valence-corrected chi connectivity index (χ2v) is 9.98. The second kappa shape index (κ2) is 8.21. The molecule has 4 heterocycles. The van der Waals surface area contributed by atoms with E-state index < -0.39 is 5.60 Å². The molecule has 0 aromatic heterocycles. The summed E-state index contributed by atoms with van der Waals surface area (Å²) in [4.78, 5) is 33.2. The Kier molecular flexibility index (Phi) is 5.35. The zero-order chi connectivity index (χ0) is 23.2. The predicted molar refractivity (Wildman–Crippen MR) is 126 cm³/mol. The number of ether oxygens (including phenoxy) is 1. The van der Waals surface area contributed by atoms with Gasteiger partial charge in [0, 0.05) is 61.1 Å². The third kappa shape index (κ3) is 4.32. The molecule has 7 heteroatoms. The largest absolute Gasteiger partial charge is 0.444 e. The molecule has 0 spiro atoms. The quantitative estimate of drug-likeness (QED) is 0.744. The molecule has 4 aliphatic rings. The maximum absolute atomic E-state index is 12.5. The number of amidine groups is 1. The smallest absolute Gasteiger partial charge is 0.410 e. The molecule has 1 unspecified atom stereocenters. The van der Waals surface area contributed by atoms with E-state index in [1.807, 2.05) is 37.9 Å². The Hall–Kier alpha value is -3.35. The van der Waals surface area contributed by atoms with Crippen LogP contribution < -0.4 is 5.32 Å². The van der Waals surface area contributed by atoms with Gasteiger partial charge in [0.2, 0.25) is 5.91 Å². The summed E-state index contributed by atoms with van der Waals surface area (Å²) >= 11 is 0. The van der Waals surface area contributed by atoms with Crippen LogP contribution in [0.1, 0.15) is 57.1 Å². The zero-order valence-electron chi connectivity index (χ0n) is 19.4. The number of nitrogens with zero attached hydrogens (tertiary/aromatic N) is 3. The SMILES string of the molecule is CC(C)(C)OC(=O)N1CCCC(c2ccc(C3=NC=C4C=CC(=O)NC5=C4N3CC5)cc2)C1. The van der Waals surface area contributed by atoms with Gasteiger partial charge < -0.3 is 19.9 Å². The molecule has 1 fully saturated rings. The number of likely N-dealkylation sites (tertiary alicyclic amines) is 1. The molecule has 0 bridgehead atoms. The molecule has 0 radical (unpaired) electrons. The van der Waals surface area contributed by atoms with Crippen LogP contribution >= 0.6 is 0 Å². The van der Waals surface area contributed by atoms with Crippen molar-refractivity contribution in [3.8, 4) is 0 Å². The second-order valence-electron chi connectivity index (χ2n) is 9.98. The van der Waals surface area contributed by atoms with Crippen molar-refractivity contribution in [2.45, 2.75) is 51.6 Å². The van der Waals surface area contributed by atoms with Gasteiger partial charge in [0.1, 0.15) is 11.4 Å². The van der Waals surface area contributed by atoms with Crippen LogP contribution in [0.3, 0.4) is 0 Å². The number of benzene rings is 1. The number of hydrogen-bond acceptors (Lipinski definition) is 5. The average Bonchev–Trinajstić information content (AvgIpc) is 3.12. The van der Waals surface area contributed by atoms with Crippen molar-refractivity contribution in [2.75, 3.05) is 19.6 Å². The number of nitrogens with one attached hydrogen (secondary N) is 1. The molecular formula is C26H30N4O3. The first kappa shape index (κ1) is 21.5. The summed E-state index contributed by atoms with van der Waals surface area (Å²) in [6.07, 6.45) is 7.82. The van der Waals surface area contributed by atoms with Gasteiger partial charge in [0.15, 0.2) is 0 Å². The van der Waals surface area contributed by atoms with E-state index in [0.717, 1.165) is 60.7 Å². The number of hydrogen-bond donors (Lipinski definition) is 1. The van der Waals surface area contributed by atoms with Gasteiger partial charge in [-0.15, -0.1) is 0 Å². The van der Waals surface area contributed by atoms with Crippen molar-refractivity contribution >= 4 is 17.8 Å². The molecule has 2 amide bonds. The van der Waals surface area contributed by atoms with Crippen LogP contribution in [0.25, 0.3) is 0 Å². The fourth-order valence-corrected chi connectivity index (χ4v) is 4.90. The first-order chi connectivity index (χ1) is 15.8. The van der Waals surface area contributed by atoms with Gasteiger partial charge in [-0.05, 0) is 45.3 Å². The Bertz CT molecular complexity index is 1110. The number of carbonyl (C=O) groups is 2. The van der Waals surface area contributed by atoms with E-state index in [-0.39, 0.29) is 12.0 Å². The fourth-order valence-electron chi connectivity index (χ4n) is 4.90. The van der Waals surface area contributed by atoms with E-state index in [4.69, 9.17) is 9.73 Å². The van der Waals surface area contributed by atoms with Crippen molar-refractivity contribution in [1.82, 2.24) is 15.1 Å². The Morgan fingerprint density at radius 1 is 1.15 bits per heavy atom. The van der Waals surface area contributed by atoms with E-state index in [1.165, 1.54) is 5.56 Å². The van der Waals surface area contributed by atoms with E-state index in [1.54, 1.807) is 6.08 Å². The van der Waals surface area contributed by atoms with Gasteiger partial charge in [-0.2, -0.15) is 0 Å². The first-order valence-corrected chi connectivity index (χ1v) is 11.6. The van der Waals surface area contributed by atoms with Gasteiger partial charge in [0.25, 0.3) is 0 Å². The molecule has 1 aromatic carbocycles. The lowest BCUT2D eigenvalue weighted by atomic mass is 9.90. The molecule has 1 saturated heterocycles. The number of piperidine rings is 1. The number of aliphatic imine (C=N–C) groups is 1. The van der Waals surface area contributed by atoms with Crippen molar-refractivity contribution in [1.29, 1.82) is 0 Å². The third-order valence-electron chi connectivity index (χ3n) is 6.40. The standard InChI is InChI=1S/C26H30N4O3/c1-26(2,3)33-25(32)29-13-4-5-20(16-29)17-6-8-18(9-7-17)24-27-15-19-10-11-22(31)28-21-12-14-30(24)23(19)21/h6-11,15,20H,4-5,12-14,16H2,1-3H3,(H,28,31). The van der Waals surface area contributed by atoms with Crippen LogP contribution in [0, 0.1) is 0 Å². The predicted octanol–water partition coefficient (Wildman–Crippen LogP) is 4.05. The molecule has 0 saturated carbocycles. The van der Waals surface area contributed by atoms with Crippen molar-refractivity contribution in [3.05, 3.63) is 70.7 Å². The maximum atomic E-state index is 12.5. The number of carbonyl (C=O) groups excluding carboxylic acids is 2. The maximum Gasteiger partial charge on any atom is 0.410 e. The molecule has 0 aliphatic carbocycles. The van der Waals surface area contributed by atoms with Gasteiger partial charge >= 0.3 is 6.09 Å². The van der Waals surface area contributed by atoms with Gasteiger partial charge in [-0.25, -0.2) is 9.79 Å². The summed E-state index contributed by atoms with van der Waals surface area (Å²) in [5.41, 5.74) is 4.76. The van der Waals surface area contributed by atoms with E-state index in [0.29, 0.717) is 12.5 Å². The van der Waals surface area contributed by atoms with Crippen LogP contribution in [0.2, 0.25) is 0 Å². The molecule has 1 N–H and O–H groups in total. The highest BCUT2D eigenvalue weighted by Gasteiger charge is 2.33. The summed E-state index contributed by atoms with van der Waals surface area (Å²) in [5, 5.41) is 2.99. The number of allylic oxidation sites excluding steroid dienone is 1. The lowest BCUT2D eigenvalue weighted by Gasteiger charge is -2.34. The molecule has 5 rings (SSSR count). The van der Waals surface area contributed by atoms with Crippen LogP contribution in [0.4, 0.5) is 4.79 Å². The van der Waals surface area contributed by atoms with Crippen LogP contribution in [-0.2, 0) is 9.53 Å². The average molecular weight is 447 g/mol. The Labute approximate surface area is 194 Å². The number of rotatable bonds is 2. The summed E-state index contributed by atoms with van der Waals surface area (Å²) in [6.45, 7) is 7.91. The third-order valence-corrected chi connectivity index (χ3v) is 6.40. The molecular weight excluding hydrogens is 416 g/mol. The minimum atomic E-state index is -0.485. The molecule has 33 heavy (non-hydrogen) atoms. The van der Waals surface area contributed by atoms with Crippen LogP contribution in [0.15, 0.2) is 64.6 Å². The highest BCUT2D eigenvalue weighted by Crippen LogP contribution is 2.35. The Morgan fingerprint density at radius 3 is 2.70 bits per heavy atom. The van der Waals surface area contributed by atoms with Crippen molar-refractivity contribution in [2.24, 2.45) is 4.99 Å². The lowest BCUT2D eigenvalue weighted by Crippen LogP contribution is -2.42. The lowest BCUT2D eigenvalue weighted by molar-refractivity contribution is -0.115. The Balaban J connectivity index is 1.33. The minimum absolute atomic E-state index is 0.0894. The summed E-state index contributed by atoms with van der Waals surface area (Å²) in [6, 6.07) is 8.53. The molecule has 4 aliphatic heterocycles. The molecule has 1 atom stereocenters. The zero-order valence-corrected chi connectivity index (χ0v) is 19.4. The van der Waals surface area contributed by atoms with E-state index in [2.05, 4.69) is 34.5 Å². The normalized spacial score (nSPS) is 22.4. The van der Waals surface area contributed by atoms with Crippen molar-refractivity contribution in [3.63, 3.8) is 0 Å². The summed E-state index contributed by atoms with van der Waals surface area (Å²) in [5.74, 6) is 1.11. The Morgan fingerprint density at radius 2 is 1.94 bits per heavy atom. The van der Waals surface area contributed by atoms with Gasteiger partial charge in [-0.3, -0.25) is 4.79 Å². The van der Waals surface area contributed by atoms with Gasteiger partial charge in [-0.1, -0.05) is 24.3 Å². The van der Waals surface area contributed by atoms with Crippen molar-refractivity contribution < 1.29 is 14.3 Å². The summed E-state index contributed by atoms with van der Waals surface area (Å²) in [7, 11) is 0. The van der Waals surface area contributed by atoms with Gasteiger partial charge in [0.05, 0.1) is 5.70 Å². The monoisotopic (exact) mass is 446 g/mol. The molecule has 7 nitrogen and oxygen atoms in total. The van der Waals surface area contributed by atoms with Crippen LogP contribution in [0.5, 0.6) is 0 Å². The molecule has 172 valence electrons. The highest BCUT2D eigenvalue weighted by atomic mass is 16.6.